The highest BCUT2D eigenvalue weighted by atomic mass is 15.2. The minimum Gasteiger partial charge on any atom is -0.310 e. The van der Waals surface area contributed by atoms with Crippen molar-refractivity contribution in [1.29, 1.82) is 0 Å². The first-order valence-corrected chi connectivity index (χ1v) is 21.0. The second-order valence-corrected chi connectivity index (χ2v) is 16.8. The summed E-state index contributed by atoms with van der Waals surface area (Å²) in [5.74, 6) is 0. The standard InChI is InChI=1S/C58H42N2/c1-57(2)48-26-12-9-25-45(48)47-38-42(34-36-49(47)57)59(40-19-5-3-6-20-40)54-30-16-11-23-43(54)39-33-35-46-44-24-10-13-27-50(44)58(53(46)37-39)51-28-14-17-31-55(51)60(41-21-7-4-8-22-41)56-32-18-15-29-52(56)58/h3-38H,1-2H3. The predicted octanol–water partition coefficient (Wildman–Crippen LogP) is 15.3. The zero-order chi connectivity index (χ0) is 40.0. The normalized spacial score (nSPS) is 14.4. The molecule has 3 aliphatic rings. The largest absolute Gasteiger partial charge is 0.310 e. The third-order valence-electron chi connectivity index (χ3n) is 13.5. The average Bonchev–Trinajstić information content (AvgIpc) is 3.72. The van der Waals surface area contributed by atoms with Crippen LogP contribution >= 0.6 is 0 Å². The van der Waals surface area contributed by atoms with E-state index in [4.69, 9.17) is 0 Å². The highest BCUT2D eigenvalue weighted by Crippen LogP contribution is 2.64. The molecule has 0 aromatic heterocycles. The van der Waals surface area contributed by atoms with E-state index in [0.29, 0.717) is 0 Å². The lowest BCUT2D eigenvalue weighted by Crippen LogP contribution is -2.36. The first-order chi connectivity index (χ1) is 29.5. The molecular weight excluding hydrogens is 725 g/mol. The molecule has 2 nitrogen and oxygen atoms in total. The summed E-state index contributed by atoms with van der Waals surface area (Å²) in [6.45, 7) is 4.70. The Labute approximate surface area is 352 Å². The summed E-state index contributed by atoms with van der Waals surface area (Å²) in [7, 11) is 0. The predicted molar refractivity (Wildman–Crippen MR) is 250 cm³/mol. The molecule has 284 valence electrons. The lowest BCUT2D eigenvalue weighted by Gasteiger charge is -2.45. The molecule has 1 aliphatic heterocycles. The topological polar surface area (TPSA) is 6.48 Å². The van der Waals surface area contributed by atoms with E-state index in [1.165, 1.54) is 78.1 Å². The summed E-state index contributed by atoms with van der Waals surface area (Å²) in [5, 5.41) is 0. The molecule has 0 fully saturated rings. The molecule has 0 bridgehead atoms. The number of anilines is 6. The van der Waals surface area contributed by atoms with Crippen LogP contribution in [0.1, 0.15) is 47.2 Å². The van der Waals surface area contributed by atoms with Crippen molar-refractivity contribution < 1.29 is 0 Å². The molecule has 0 N–H and O–H groups in total. The Kier molecular flexibility index (Phi) is 7.52. The molecule has 2 aliphatic carbocycles. The average molecular weight is 767 g/mol. The van der Waals surface area contributed by atoms with Crippen LogP contribution in [0.2, 0.25) is 0 Å². The Morgan fingerprint density at radius 1 is 0.350 bits per heavy atom. The van der Waals surface area contributed by atoms with E-state index in [0.717, 1.165) is 22.7 Å². The van der Waals surface area contributed by atoms with Crippen LogP contribution in [0.3, 0.4) is 0 Å². The number of hydrogen-bond donors (Lipinski definition) is 0. The summed E-state index contributed by atoms with van der Waals surface area (Å²) in [6, 6.07) is 81.0. The van der Waals surface area contributed by atoms with E-state index in [2.05, 4.69) is 242 Å². The van der Waals surface area contributed by atoms with Crippen molar-refractivity contribution in [3.8, 4) is 33.4 Å². The maximum atomic E-state index is 2.50. The molecule has 1 heterocycles. The highest BCUT2D eigenvalue weighted by Gasteiger charge is 2.51. The van der Waals surface area contributed by atoms with Gasteiger partial charge >= 0.3 is 0 Å². The van der Waals surface area contributed by atoms with Crippen LogP contribution in [0.5, 0.6) is 0 Å². The molecule has 12 rings (SSSR count). The summed E-state index contributed by atoms with van der Waals surface area (Å²) < 4.78 is 0. The minimum atomic E-state index is -0.533. The summed E-state index contributed by atoms with van der Waals surface area (Å²) in [5.41, 5.74) is 21.9. The molecule has 0 atom stereocenters. The Balaban J connectivity index is 1.09. The minimum absolute atomic E-state index is 0.0631. The maximum Gasteiger partial charge on any atom is 0.0754 e. The Morgan fingerprint density at radius 2 is 0.867 bits per heavy atom. The first-order valence-electron chi connectivity index (χ1n) is 21.0. The van der Waals surface area contributed by atoms with Gasteiger partial charge in [-0.05, 0) is 122 Å². The molecular formula is C58H42N2. The number of benzene rings is 9. The Morgan fingerprint density at radius 3 is 1.57 bits per heavy atom. The maximum absolute atomic E-state index is 2.50. The molecule has 0 unspecified atom stereocenters. The Bertz CT molecular complexity index is 3090. The van der Waals surface area contributed by atoms with Crippen molar-refractivity contribution in [2.45, 2.75) is 24.7 Å². The molecule has 0 radical (unpaired) electrons. The fourth-order valence-electron chi connectivity index (χ4n) is 10.9. The van der Waals surface area contributed by atoms with Gasteiger partial charge in [0, 0.05) is 28.0 Å². The molecule has 0 saturated heterocycles. The van der Waals surface area contributed by atoms with Crippen molar-refractivity contribution in [1.82, 2.24) is 0 Å². The summed E-state index contributed by atoms with van der Waals surface area (Å²) in [6.07, 6.45) is 0. The van der Waals surface area contributed by atoms with Gasteiger partial charge in [0.05, 0.1) is 22.5 Å². The highest BCUT2D eigenvalue weighted by molar-refractivity contribution is 5.98. The van der Waals surface area contributed by atoms with E-state index in [1.54, 1.807) is 0 Å². The van der Waals surface area contributed by atoms with Crippen LogP contribution in [-0.2, 0) is 10.8 Å². The van der Waals surface area contributed by atoms with Crippen LogP contribution in [0.4, 0.5) is 34.1 Å². The van der Waals surface area contributed by atoms with Crippen LogP contribution in [0, 0.1) is 0 Å². The number of rotatable bonds is 5. The molecule has 1 spiro atoms. The monoisotopic (exact) mass is 766 g/mol. The van der Waals surface area contributed by atoms with Crippen LogP contribution in [0.25, 0.3) is 33.4 Å². The number of hydrogen-bond acceptors (Lipinski definition) is 2. The van der Waals surface area contributed by atoms with Crippen molar-refractivity contribution in [2.24, 2.45) is 0 Å². The van der Waals surface area contributed by atoms with Crippen molar-refractivity contribution in [2.75, 3.05) is 9.80 Å². The zero-order valence-corrected chi connectivity index (χ0v) is 33.7. The van der Waals surface area contributed by atoms with Gasteiger partial charge in [0.1, 0.15) is 0 Å². The SMILES string of the molecule is CC1(C)c2ccccc2-c2cc(N(c3ccccc3)c3ccccc3-c3ccc4c(c3)C3(c5ccccc5-4)c4ccccc4N(c4ccccc4)c4ccccc43)ccc21. The lowest BCUT2D eigenvalue weighted by atomic mass is 9.64. The van der Waals surface area contributed by atoms with E-state index in [-0.39, 0.29) is 5.41 Å². The van der Waals surface area contributed by atoms with Gasteiger partial charge in [-0.1, -0.05) is 172 Å². The number of fused-ring (bicyclic) bond motifs is 12. The van der Waals surface area contributed by atoms with E-state index in [9.17, 15) is 0 Å². The van der Waals surface area contributed by atoms with Gasteiger partial charge in [0.2, 0.25) is 0 Å². The fourth-order valence-corrected chi connectivity index (χ4v) is 10.9. The smallest absolute Gasteiger partial charge is 0.0754 e. The molecule has 2 heteroatoms. The van der Waals surface area contributed by atoms with Gasteiger partial charge in [0.25, 0.3) is 0 Å². The molecule has 9 aromatic rings. The van der Waals surface area contributed by atoms with Gasteiger partial charge in [-0.15, -0.1) is 0 Å². The molecule has 0 saturated carbocycles. The van der Waals surface area contributed by atoms with E-state index in [1.807, 2.05) is 0 Å². The van der Waals surface area contributed by atoms with E-state index < -0.39 is 5.41 Å². The van der Waals surface area contributed by atoms with Crippen molar-refractivity contribution >= 4 is 34.1 Å². The quantitative estimate of drug-likeness (QED) is 0.172. The molecule has 9 aromatic carbocycles. The third-order valence-corrected chi connectivity index (χ3v) is 13.5. The number of para-hydroxylation sites is 5. The van der Waals surface area contributed by atoms with Crippen LogP contribution in [0.15, 0.2) is 218 Å². The van der Waals surface area contributed by atoms with Crippen LogP contribution in [-0.4, -0.2) is 0 Å². The number of nitrogens with zero attached hydrogens (tertiary/aromatic N) is 2. The van der Waals surface area contributed by atoms with Gasteiger partial charge in [-0.25, -0.2) is 0 Å². The zero-order valence-electron chi connectivity index (χ0n) is 33.7. The fraction of sp³-hybridized carbons (Fsp3) is 0.0690. The lowest BCUT2D eigenvalue weighted by molar-refractivity contribution is 0.660. The molecule has 60 heavy (non-hydrogen) atoms. The first kappa shape index (κ1) is 34.6. The van der Waals surface area contributed by atoms with Gasteiger partial charge < -0.3 is 9.80 Å². The van der Waals surface area contributed by atoms with E-state index >= 15 is 0 Å². The molecule has 0 amide bonds. The summed E-state index contributed by atoms with van der Waals surface area (Å²) >= 11 is 0. The second-order valence-electron chi connectivity index (χ2n) is 16.8. The van der Waals surface area contributed by atoms with Gasteiger partial charge in [-0.3, -0.25) is 0 Å². The Hall–Kier alpha value is -7.42. The van der Waals surface area contributed by atoms with Crippen molar-refractivity contribution in [3.63, 3.8) is 0 Å². The van der Waals surface area contributed by atoms with Crippen molar-refractivity contribution in [3.05, 3.63) is 252 Å². The van der Waals surface area contributed by atoms with Gasteiger partial charge in [-0.2, -0.15) is 0 Å². The summed E-state index contributed by atoms with van der Waals surface area (Å²) in [4.78, 5) is 4.90. The van der Waals surface area contributed by atoms with Gasteiger partial charge in [0.15, 0.2) is 0 Å². The van der Waals surface area contributed by atoms with Crippen LogP contribution < -0.4 is 9.80 Å². The second kappa shape index (κ2) is 13.0. The third kappa shape index (κ3) is 4.76.